The summed E-state index contributed by atoms with van der Waals surface area (Å²) in [6.07, 6.45) is 2.28. The van der Waals surface area contributed by atoms with Crippen molar-refractivity contribution in [3.05, 3.63) is 28.3 Å². The number of nitro groups is 1. The number of nitrogens with two attached hydrogens (primary N) is 1. The number of rotatable bonds is 5. The van der Waals surface area contributed by atoms with Crippen LogP contribution in [0.3, 0.4) is 0 Å². The molecule has 0 amide bonds. The van der Waals surface area contributed by atoms with Crippen molar-refractivity contribution in [3.8, 4) is 5.75 Å². The Morgan fingerprint density at radius 3 is 2.88 bits per heavy atom. The molecule has 86 valence electrons. The maximum absolute atomic E-state index is 10.9. The molecule has 16 heavy (non-hydrogen) atoms. The summed E-state index contributed by atoms with van der Waals surface area (Å²) in [5.41, 5.74) is 2.46. The molecule has 1 fully saturated rings. The molecule has 1 aromatic rings. The number of hydrogen-bond acceptors (Lipinski definition) is 5. The highest BCUT2D eigenvalue weighted by Crippen LogP contribution is 2.36. The number of nitrogen functional groups attached to an aromatic ring is 1. The Hall–Kier alpha value is -1.82. The van der Waals surface area contributed by atoms with E-state index < -0.39 is 4.92 Å². The molecule has 1 saturated carbocycles. The zero-order valence-electron chi connectivity index (χ0n) is 8.68. The molecule has 2 rings (SSSR count). The predicted octanol–water partition coefficient (Wildman–Crippen LogP) is 1.67. The molecule has 6 heteroatoms. The first-order valence-electron chi connectivity index (χ1n) is 5.09. The summed E-state index contributed by atoms with van der Waals surface area (Å²) < 4.78 is 5.43. The maximum atomic E-state index is 10.9. The van der Waals surface area contributed by atoms with Gasteiger partial charge in [-0.1, -0.05) is 6.07 Å². The molecule has 0 saturated heterocycles. The zero-order valence-corrected chi connectivity index (χ0v) is 8.68. The highest BCUT2D eigenvalue weighted by Gasteiger charge is 2.25. The third-order valence-electron chi connectivity index (χ3n) is 2.51. The van der Waals surface area contributed by atoms with Crippen molar-refractivity contribution in [2.24, 2.45) is 11.8 Å². The van der Waals surface area contributed by atoms with Crippen LogP contribution in [0.5, 0.6) is 5.75 Å². The van der Waals surface area contributed by atoms with E-state index in [1.54, 1.807) is 18.2 Å². The minimum absolute atomic E-state index is 0.106. The van der Waals surface area contributed by atoms with Crippen LogP contribution in [0, 0.1) is 16.0 Å². The van der Waals surface area contributed by atoms with Gasteiger partial charge in [-0.25, -0.2) is 0 Å². The van der Waals surface area contributed by atoms with E-state index in [4.69, 9.17) is 10.6 Å². The van der Waals surface area contributed by atoms with E-state index in [0.717, 1.165) is 12.8 Å². The van der Waals surface area contributed by atoms with Gasteiger partial charge in [0.2, 0.25) is 0 Å². The molecule has 1 aliphatic carbocycles. The van der Waals surface area contributed by atoms with Gasteiger partial charge in [0.1, 0.15) is 5.69 Å². The van der Waals surface area contributed by atoms with Crippen molar-refractivity contribution < 1.29 is 9.66 Å². The Labute approximate surface area is 92.5 Å². The summed E-state index contributed by atoms with van der Waals surface area (Å²) in [5.74, 6) is 6.04. The molecule has 0 bridgehead atoms. The van der Waals surface area contributed by atoms with Gasteiger partial charge in [0.05, 0.1) is 11.5 Å². The standard InChI is InChI=1S/C10H13N3O3/c11-12-8-2-1-3-9(10(8)13(14)15)16-6-7-4-5-7/h1-3,7,12H,4-6,11H2. The molecule has 0 radical (unpaired) electrons. The fraction of sp³-hybridized carbons (Fsp3) is 0.400. The summed E-state index contributed by atoms with van der Waals surface area (Å²) in [6, 6.07) is 4.80. The van der Waals surface area contributed by atoms with Crippen LogP contribution in [-0.4, -0.2) is 11.5 Å². The lowest BCUT2D eigenvalue weighted by atomic mass is 10.2. The average molecular weight is 223 g/mol. The van der Waals surface area contributed by atoms with E-state index in [2.05, 4.69) is 5.43 Å². The van der Waals surface area contributed by atoms with E-state index in [1.165, 1.54) is 0 Å². The fourth-order valence-electron chi connectivity index (χ4n) is 1.44. The van der Waals surface area contributed by atoms with Crippen molar-refractivity contribution in [1.29, 1.82) is 0 Å². The third kappa shape index (κ3) is 2.22. The van der Waals surface area contributed by atoms with Crippen LogP contribution in [-0.2, 0) is 0 Å². The molecular weight excluding hydrogens is 210 g/mol. The first kappa shape index (κ1) is 10.7. The minimum atomic E-state index is -0.489. The normalized spacial score (nSPS) is 14.6. The maximum Gasteiger partial charge on any atom is 0.335 e. The van der Waals surface area contributed by atoms with E-state index in [1.807, 2.05) is 0 Å². The van der Waals surface area contributed by atoms with Gasteiger partial charge in [-0.3, -0.25) is 16.0 Å². The van der Waals surface area contributed by atoms with Gasteiger partial charge in [0.25, 0.3) is 0 Å². The van der Waals surface area contributed by atoms with Crippen LogP contribution in [0.1, 0.15) is 12.8 Å². The number of ether oxygens (including phenoxy) is 1. The summed E-state index contributed by atoms with van der Waals surface area (Å²) in [5, 5.41) is 10.9. The highest BCUT2D eigenvalue weighted by molar-refractivity contribution is 5.67. The third-order valence-corrected chi connectivity index (χ3v) is 2.51. The van der Waals surface area contributed by atoms with Crippen molar-refractivity contribution in [2.75, 3.05) is 12.0 Å². The van der Waals surface area contributed by atoms with Crippen LogP contribution < -0.4 is 16.0 Å². The first-order valence-corrected chi connectivity index (χ1v) is 5.09. The van der Waals surface area contributed by atoms with Crippen molar-refractivity contribution in [2.45, 2.75) is 12.8 Å². The number of benzene rings is 1. The van der Waals surface area contributed by atoms with Crippen LogP contribution in [0.25, 0.3) is 0 Å². The lowest BCUT2D eigenvalue weighted by Crippen LogP contribution is -2.10. The van der Waals surface area contributed by atoms with E-state index in [-0.39, 0.29) is 17.1 Å². The second-order valence-electron chi connectivity index (χ2n) is 3.81. The number of anilines is 1. The lowest BCUT2D eigenvalue weighted by Gasteiger charge is -2.08. The van der Waals surface area contributed by atoms with Crippen LogP contribution in [0.2, 0.25) is 0 Å². The van der Waals surface area contributed by atoms with Gasteiger partial charge >= 0.3 is 5.69 Å². The zero-order chi connectivity index (χ0) is 11.5. The topological polar surface area (TPSA) is 90.4 Å². The van der Waals surface area contributed by atoms with Crippen LogP contribution >= 0.6 is 0 Å². The predicted molar refractivity (Wildman–Crippen MR) is 59.1 cm³/mol. The van der Waals surface area contributed by atoms with Gasteiger partial charge in [0.15, 0.2) is 5.75 Å². The number of hydrogen-bond donors (Lipinski definition) is 2. The first-order chi connectivity index (χ1) is 7.72. The fourth-order valence-corrected chi connectivity index (χ4v) is 1.44. The number of para-hydroxylation sites is 1. The number of nitrogens with one attached hydrogen (secondary N) is 1. The van der Waals surface area contributed by atoms with Gasteiger partial charge < -0.3 is 10.2 Å². The monoisotopic (exact) mass is 223 g/mol. The molecule has 0 spiro atoms. The Morgan fingerprint density at radius 1 is 1.56 bits per heavy atom. The van der Waals surface area contributed by atoms with Crippen molar-refractivity contribution in [3.63, 3.8) is 0 Å². The molecule has 3 N–H and O–H groups in total. The minimum Gasteiger partial charge on any atom is -0.486 e. The summed E-state index contributed by atoms with van der Waals surface area (Å²) >= 11 is 0. The molecule has 0 heterocycles. The van der Waals surface area contributed by atoms with Gasteiger partial charge in [-0.2, -0.15) is 0 Å². The largest absolute Gasteiger partial charge is 0.486 e. The van der Waals surface area contributed by atoms with Crippen molar-refractivity contribution in [1.82, 2.24) is 0 Å². The van der Waals surface area contributed by atoms with E-state index in [9.17, 15) is 10.1 Å². The molecule has 1 aliphatic rings. The molecular formula is C10H13N3O3. The Morgan fingerprint density at radius 2 is 2.31 bits per heavy atom. The summed E-state index contributed by atoms with van der Waals surface area (Å²) in [7, 11) is 0. The van der Waals surface area contributed by atoms with Gasteiger partial charge in [-0.05, 0) is 30.9 Å². The molecule has 1 aromatic carbocycles. The smallest absolute Gasteiger partial charge is 0.335 e. The second-order valence-corrected chi connectivity index (χ2v) is 3.81. The number of nitrogens with zero attached hydrogens (tertiary/aromatic N) is 1. The van der Waals surface area contributed by atoms with E-state index >= 15 is 0 Å². The quantitative estimate of drug-likeness (QED) is 0.450. The second kappa shape index (κ2) is 4.36. The highest BCUT2D eigenvalue weighted by atomic mass is 16.6. The van der Waals surface area contributed by atoms with E-state index in [0.29, 0.717) is 12.5 Å². The molecule has 0 aromatic heterocycles. The summed E-state index contributed by atoms with van der Waals surface area (Å²) in [4.78, 5) is 10.4. The van der Waals surface area contributed by atoms with Gasteiger partial charge in [0, 0.05) is 0 Å². The summed E-state index contributed by atoms with van der Waals surface area (Å²) in [6.45, 7) is 0.537. The SMILES string of the molecule is NNc1cccc(OCC2CC2)c1[N+](=O)[O-]. The average Bonchev–Trinajstić information content (AvgIpc) is 3.09. The molecule has 0 unspecified atom stereocenters. The van der Waals surface area contributed by atoms with Gasteiger partial charge in [-0.15, -0.1) is 0 Å². The number of nitro benzene ring substituents is 1. The molecule has 6 nitrogen and oxygen atoms in total. The van der Waals surface area contributed by atoms with Crippen LogP contribution in [0.4, 0.5) is 11.4 Å². The Kier molecular flexibility index (Phi) is 2.91. The molecule has 0 atom stereocenters. The van der Waals surface area contributed by atoms with Crippen LogP contribution in [0.15, 0.2) is 18.2 Å². The Bertz CT molecular complexity index is 404. The number of hydrazine groups is 1. The lowest BCUT2D eigenvalue weighted by molar-refractivity contribution is -0.385. The van der Waals surface area contributed by atoms with Crippen molar-refractivity contribution >= 4 is 11.4 Å². The molecule has 0 aliphatic heterocycles. The Balaban J connectivity index is 2.22.